The minimum atomic E-state index is -0.328. The first-order chi connectivity index (χ1) is 13.5. The second-order valence-electron chi connectivity index (χ2n) is 6.85. The van der Waals surface area contributed by atoms with Gasteiger partial charge in [0.15, 0.2) is 5.01 Å². The average molecular weight is 398 g/mol. The molecule has 0 N–H and O–H groups in total. The largest absolute Gasteiger partial charge is 0.338 e. The Balaban J connectivity index is 1.55. The second kappa shape index (κ2) is 7.63. The van der Waals surface area contributed by atoms with Crippen LogP contribution in [0.1, 0.15) is 34.1 Å². The number of likely N-dealkylation sites (tertiary alicyclic amines) is 1. The molecule has 1 aromatic carbocycles. The van der Waals surface area contributed by atoms with Crippen molar-refractivity contribution in [2.75, 3.05) is 13.1 Å². The minimum absolute atomic E-state index is 0.0308. The molecule has 1 saturated heterocycles. The number of nitrogens with zero attached hydrogens (tertiary/aromatic N) is 4. The zero-order valence-electron chi connectivity index (χ0n) is 15.3. The van der Waals surface area contributed by atoms with E-state index in [4.69, 9.17) is 0 Å². The van der Waals surface area contributed by atoms with Crippen molar-refractivity contribution < 1.29 is 9.18 Å². The summed E-state index contributed by atoms with van der Waals surface area (Å²) in [5, 5.41) is 9.73. The van der Waals surface area contributed by atoms with Gasteiger partial charge in [-0.1, -0.05) is 23.5 Å². The maximum absolute atomic E-state index is 14.0. The molecule has 0 aliphatic carbocycles. The first-order valence-electron chi connectivity index (χ1n) is 9.08. The molecular weight excluding hydrogens is 379 g/mol. The lowest BCUT2D eigenvalue weighted by Crippen LogP contribution is -2.41. The van der Waals surface area contributed by atoms with Crippen LogP contribution in [0.3, 0.4) is 0 Å². The molecule has 6 nitrogen and oxygen atoms in total. The van der Waals surface area contributed by atoms with E-state index in [1.165, 1.54) is 22.0 Å². The van der Waals surface area contributed by atoms with Crippen molar-refractivity contribution in [2.45, 2.75) is 18.8 Å². The lowest BCUT2D eigenvalue weighted by atomic mass is 9.98. The summed E-state index contributed by atoms with van der Waals surface area (Å²) in [4.78, 5) is 26.8. The Hall–Kier alpha value is -2.87. The molecule has 3 aromatic rings. The number of benzene rings is 1. The molecule has 1 unspecified atom stereocenters. The summed E-state index contributed by atoms with van der Waals surface area (Å²) >= 11 is 1.36. The van der Waals surface area contributed by atoms with E-state index in [1.54, 1.807) is 48.5 Å². The molecule has 28 heavy (non-hydrogen) atoms. The number of hydrogen-bond donors (Lipinski definition) is 0. The maximum Gasteiger partial charge on any atom is 0.263 e. The number of hydrogen-bond acceptors (Lipinski definition) is 5. The van der Waals surface area contributed by atoms with E-state index in [2.05, 4.69) is 10.2 Å². The number of pyridine rings is 1. The van der Waals surface area contributed by atoms with Gasteiger partial charge in [-0.3, -0.25) is 9.59 Å². The molecule has 0 radical (unpaired) electrons. The Bertz CT molecular complexity index is 1080. The fraction of sp³-hybridized carbons (Fsp3) is 0.300. The summed E-state index contributed by atoms with van der Waals surface area (Å²) in [7, 11) is 1.63. The Morgan fingerprint density at radius 2 is 2.04 bits per heavy atom. The molecule has 2 aromatic heterocycles. The van der Waals surface area contributed by atoms with E-state index >= 15 is 0 Å². The van der Waals surface area contributed by atoms with Crippen LogP contribution in [0.25, 0.3) is 10.6 Å². The summed E-state index contributed by atoms with van der Waals surface area (Å²) in [5.74, 6) is -0.557. The van der Waals surface area contributed by atoms with Crippen molar-refractivity contribution in [3.63, 3.8) is 0 Å². The van der Waals surface area contributed by atoms with E-state index in [0.717, 1.165) is 17.8 Å². The average Bonchev–Trinajstić information content (AvgIpc) is 3.20. The molecule has 1 fully saturated rings. The fourth-order valence-corrected chi connectivity index (χ4v) is 4.43. The molecule has 0 saturated carbocycles. The van der Waals surface area contributed by atoms with Crippen LogP contribution in [0.4, 0.5) is 4.39 Å². The van der Waals surface area contributed by atoms with Crippen molar-refractivity contribution in [1.29, 1.82) is 0 Å². The van der Waals surface area contributed by atoms with Gasteiger partial charge in [-0.25, -0.2) is 4.39 Å². The fourth-order valence-electron chi connectivity index (χ4n) is 3.44. The predicted octanol–water partition coefficient (Wildman–Crippen LogP) is 3.06. The molecule has 0 bridgehead atoms. The van der Waals surface area contributed by atoms with E-state index in [0.29, 0.717) is 23.7 Å². The van der Waals surface area contributed by atoms with Gasteiger partial charge in [0.25, 0.3) is 11.5 Å². The van der Waals surface area contributed by atoms with Gasteiger partial charge in [0.05, 0.1) is 0 Å². The number of carbonyl (C=O) groups is 1. The second-order valence-corrected chi connectivity index (χ2v) is 7.86. The molecule has 1 aliphatic heterocycles. The highest BCUT2D eigenvalue weighted by molar-refractivity contribution is 7.14. The number of amides is 1. The van der Waals surface area contributed by atoms with Crippen molar-refractivity contribution in [3.05, 3.63) is 69.3 Å². The first-order valence-corrected chi connectivity index (χ1v) is 9.89. The highest BCUT2D eigenvalue weighted by Gasteiger charge is 2.29. The van der Waals surface area contributed by atoms with Crippen molar-refractivity contribution in [1.82, 2.24) is 19.7 Å². The standard InChI is InChI=1S/C20H19FN4O2S/c1-24-10-5-8-15(19(24)26)20(27)25-11-4-6-13(12-25)17-22-23-18(28-17)14-7-2-3-9-16(14)21/h2-3,5,7-10,13H,4,6,11-12H2,1H3. The third-order valence-electron chi connectivity index (χ3n) is 4.96. The summed E-state index contributed by atoms with van der Waals surface area (Å²) < 4.78 is 15.4. The highest BCUT2D eigenvalue weighted by atomic mass is 32.1. The first kappa shape index (κ1) is 18.5. The zero-order chi connectivity index (χ0) is 19.7. The third-order valence-corrected chi connectivity index (χ3v) is 6.08. The molecule has 3 heterocycles. The van der Waals surface area contributed by atoms with Crippen molar-refractivity contribution in [2.24, 2.45) is 7.05 Å². The number of carbonyl (C=O) groups excluding carboxylic acids is 1. The van der Waals surface area contributed by atoms with Crippen LogP contribution in [0.15, 0.2) is 47.4 Å². The summed E-state index contributed by atoms with van der Waals surface area (Å²) in [5.41, 5.74) is 0.310. The Kier molecular flexibility index (Phi) is 5.04. The van der Waals surface area contributed by atoms with Crippen molar-refractivity contribution in [3.8, 4) is 10.6 Å². The summed E-state index contributed by atoms with van der Waals surface area (Å²) in [6.07, 6.45) is 3.32. The van der Waals surface area contributed by atoms with Gasteiger partial charge in [0.2, 0.25) is 0 Å². The molecule has 1 atom stereocenters. The maximum atomic E-state index is 14.0. The zero-order valence-corrected chi connectivity index (χ0v) is 16.2. The van der Waals surface area contributed by atoms with Gasteiger partial charge in [0, 0.05) is 37.8 Å². The Morgan fingerprint density at radius 3 is 2.86 bits per heavy atom. The Morgan fingerprint density at radius 1 is 1.21 bits per heavy atom. The number of aromatic nitrogens is 3. The SMILES string of the molecule is Cn1cccc(C(=O)N2CCCC(c3nnc(-c4ccccc4F)s3)C2)c1=O. The van der Waals surface area contributed by atoms with Gasteiger partial charge in [-0.2, -0.15) is 0 Å². The molecule has 1 aliphatic rings. The van der Waals surface area contributed by atoms with E-state index in [-0.39, 0.29) is 28.8 Å². The molecular formula is C20H19FN4O2S. The normalized spacial score (nSPS) is 16.9. The van der Waals surface area contributed by atoms with Gasteiger partial charge >= 0.3 is 0 Å². The molecule has 4 rings (SSSR count). The number of piperidine rings is 1. The third kappa shape index (κ3) is 3.47. The van der Waals surface area contributed by atoms with Gasteiger partial charge < -0.3 is 9.47 Å². The van der Waals surface area contributed by atoms with Crippen LogP contribution >= 0.6 is 11.3 Å². The van der Waals surface area contributed by atoms with E-state index < -0.39 is 0 Å². The topological polar surface area (TPSA) is 68.1 Å². The lowest BCUT2D eigenvalue weighted by molar-refractivity contribution is 0.0704. The van der Waals surface area contributed by atoms with E-state index in [9.17, 15) is 14.0 Å². The van der Waals surface area contributed by atoms with Crippen LogP contribution in [-0.2, 0) is 7.05 Å². The number of halogens is 1. The van der Waals surface area contributed by atoms with Crippen LogP contribution in [0.5, 0.6) is 0 Å². The van der Waals surface area contributed by atoms with Crippen LogP contribution in [0, 0.1) is 5.82 Å². The minimum Gasteiger partial charge on any atom is -0.338 e. The van der Waals surface area contributed by atoms with Gasteiger partial charge in [-0.15, -0.1) is 10.2 Å². The van der Waals surface area contributed by atoms with Crippen LogP contribution in [-0.4, -0.2) is 38.7 Å². The van der Waals surface area contributed by atoms with Gasteiger partial charge in [-0.05, 0) is 37.1 Å². The quantitative estimate of drug-likeness (QED) is 0.680. The summed E-state index contributed by atoms with van der Waals surface area (Å²) in [6.45, 7) is 1.08. The highest BCUT2D eigenvalue weighted by Crippen LogP contribution is 2.33. The predicted molar refractivity (Wildman–Crippen MR) is 105 cm³/mol. The smallest absolute Gasteiger partial charge is 0.263 e. The van der Waals surface area contributed by atoms with Crippen LogP contribution in [0.2, 0.25) is 0 Å². The van der Waals surface area contributed by atoms with Gasteiger partial charge in [0.1, 0.15) is 16.4 Å². The van der Waals surface area contributed by atoms with Crippen molar-refractivity contribution >= 4 is 17.2 Å². The monoisotopic (exact) mass is 398 g/mol. The summed E-state index contributed by atoms with van der Waals surface area (Å²) in [6, 6.07) is 9.75. The van der Waals surface area contributed by atoms with Crippen LogP contribution < -0.4 is 5.56 Å². The number of aryl methyl sites for hydroxylation is 1. The molecule has 0 spiro atoms. The molecule has 1 amide bonds. The van der Waals surface area contributed by atoms with E-state index in [1.807, 2.05) is 0 Å². The molecule has 8 heteroatoms. The number of rotatable bonds is 3. The lowest BCUT2D eigenvalue weighted by Gasteiger charge is -2.31. The Labute approximate surface area is 165 Å². The molecule has 144 valence electrons.